The molecule has 0 fully saturated rings. The van der Waals surface area contributed by atoms with Crippen LogP contribution in [0, 0.1) is 0 Å². The van der Waals surface area contributed by atoms with Crippen molar-refractivity contribution in [1.29, 1.82) is 0 Å². The molecule has 0 radical (unpaired) electrons. The number of fused-ring (bicyclic) bond motifs is 2. The molecular weight excluding hydrogens is 414 g/mol. The summed E-state index contributed by atoms with van der Waals surface area (Å²) < 4.78 is 23.5. The summed E-state index contributed by atoms with van der Waals surface area (Å²) in [6.45, 7) is 5.35. The highest BCUT2D eigenvalue weighted by atomic mass is 32.1. The summed E-state index contributed by atoms with van der Waals surface area (Å²) in [5, 5.41) is 0.881. The lowest BCUT2D eigenvalue weighted by Gasteiger charge is -2.26. The van der Waals surface area contributed by atoms with Gasteiger partial charge in [-0.1, -0.05) is 0 Å². The van der Waals surface area contributed by atoms with Crippen LogP contribution in [0.15, 0.2) is 24.3 Å². The molecule has 164 valence electrons. The number of carbonyl (C=O) groups excluding carboxylic acids is 1. The maximum Gasteiger partial charge on any atom is 0.349 e. The normalized spacial score (nSPS) is 13.2. The standard InChI is InChI=1S/C24H27NO5S/c1-6-29-23(26)24(2,3)30-21-18(27-4)11-16(12-19(21)28-5)22-25-17-10-14-8-7-9-15(14)13-20(17)31-22/h10-13H,6-9H2,1-5H3. The van der Waals surface area contributed by atoms with E-state index in [-0.39, 0.29) is 6.61 Å². The Morgan fingerprint density at radius 2 is 1.71 bits per heavy atom. The lowest BCUT2D eigenvalue weighted by atomic mass is 10.1. The van der Waals surface area contributed by atoms with E-state index in [4.69, 9.17) is 23.9 Å². The number of methoxy groups -OCH3 is 2. The third kappa shape index (κ3) is 4.06. The Balaban J connectivity index is 1.74. The van der Waals surface area contributed by atoms with E-state index in [1.165, 1.54) is 22.2 Å². The summed E-state index contributed by atoms with van der Waals surface area (Å²) in [4.78, 5) is 17.2. The van der Waals surface area contributed by atoms with Gasteiger partial charge in [0.15, 0.2) is 11.5 Å². The molecule has 1 heterocycles. The predicted octanol–water partition coefficient (Wildman–Crippen LogP) is 5.19. The highest BCUT2D eigenvalue weighted by molar-refractivity contribution is 7.21. The number of hydrogen-bond acceptors (Lipinski definition) is 7. The van der Waals surface area contributed by atoms with Crippen molar-refractivity contribution in [3.05, 3.63) is 35.4 Å². The third-order valence-electron chi connectivity index (χ3n) is 5.43. The highest BCUT2D eigenvalue weighted by Crippen LogP contribution is 2.44. The Labute approximate surface area is 186 Å². The Kier molecular flexibility index (Phi) is 5.79. The molecule has 1 aromatic heterocycles. The number of nitrogens with zero attached hydrogens (tertiary/aromatic N) is 1. The van der Waals surface area contributed by atoms with E-state index in [1.807, 2.05) is 12.1 Å². The van der Waals surface area contributed by atoms with Gasteiger partial charge in [0.25, 0.3) is 0 Å². The van der Waals surface area contributed by atoms with E-state index < -0.39 is 11.6 Å². The molecule has 0 aliphatic heterocycles. The van der Waals surface area contributed by atoms with Gasteiger partial charge < -0.3 is 18.9 Å². The minimum atomic E-state index is -1.20. The van der Waals surface area contributed by atoms with Crippen molar-refractivity contribution in [2.45, 2.75) is 45.6 Å². The van der Waals surface area contributed by atoms with Gasteiger partial charge in [-0.15, -0.1) is 11.3 Å². The maximum atomic E-state index is 12.3. The Bertz CT molecular complexity index is 1070. The maximum absolute atomic E-state index is 12.3. The Morgan fingerprint density at radius 3 is 2.32 bits per heavy atom. The zero-order valence-corrected chi connectivity index (χ0v) is 19.4. The molecule has 0 saturated carbocycles. The van der Waals surface area contributed by atoms with Crippen molar-refractivity contribution < 1.29 is 23.7 Å². The summed E-state index contributed by atoms with van der Waals surface area (Å²) >= 11 is 1.65. The summed E-state index contributed by atoms with van der Waals surface area (Å²) in [5.41, 5.74) is 3.53. The van der Waals surface area contributed by atoms with Crippen LogP contribution in [0.1, 0.15) is 38.3 Å². The fourth-order valence-corrected chi connectivity index (χ4v) is 4.82. The summed E-state index contributed by atoms with van der Waals surface area (Å²) in [6, 6.07) is 8.22. The number of thiazole rings is 1. The molecule has 31 heavy (non-hydrogen) atoms. The van der Waals surface area contributed by atoms with Crippen LogP contribution in [0.25, 0.3) is 20.8 Å². The lowest BCUT2D eigenvalue weighted by molar-refractivity contribution is -0.158. The molecule has 1 aliphatic rings. The van der Waals surface area contributed by atoms with E-state index in [9.17, 15) is 4.79 Å². The number of esters is 1. The first-order chi connectivity index (χ1) is 14.9. The second kappa shape index (κ2) is 8.38. The fraction of sp³-hybridized carbons (Fsp3) is 0.417. The van der Waals surface area contributed by atoms with Gasteiger partial charge >= 0.3 is 5.97 Å². The first kappa shape index (κ1) is 21.4. The second-order valence-electron chi connectivity index (χ2n) is 8.00. The van der Waals surface area contributed by atoms with Gasteiger partial charge in [0.2, 0.25) is 11.4 Å². The molecule has 0 spiro atoms. The first-order valence-corrected chi connectivity index (χ1v) is 11.2. The number of benzene rings is 2. The van der Waals surface area contributed by atoms with E-state index >= 15 is 0 Å². The average Bonchev–Trinajstić information content (AvgIpc) is 3.37. The van der Waals surface area contributed by atoms with Crippen LogP contribution in [0.4, 0.5) is 0 Å². The molecule has 2 aromatic carbocycles. The molecule has 0 bridgehead atoms. The van der Waals surface area contributed by atoms with E-state index in [0.717, 1.165) is 28.9 Å². The van der Waals surface area contributed by atoms with Crippen LogP contribution in [0.5, 0.6) is 17.2 Å². The summed E-state index contributed by atoms with van der Waals surface area (Å²) in [5.74, 6) is 0.830. The van der Waals surface area contributed by atoms with E-state index in [1.54, 1.807) is 46.3 Å². The molecule has 0 atom stereocenters. The van der Waals surface area contributed by atoms with Crippen molar-refractivity contribution >= 4 is 27.5 Å². The Morgan fingerprint density at radius 1 is 1.06 bits per heavy atom. The number of aryl methyl sites for hydroxylation is 2. The number of carbonyl (C=O) groups is 1. The smallest absolute Gasteiger partial charge is 0.349 e. The molecule has 4 rings (SSSR count). The van der Waals surface area contributed by atoms with Crippen LogP contribution in [-0.4, -0.2) is 37.4 Å². The molecule has 6 nitrogen and oxygen atoms in total. The summed E-state index contributed by atoms with van der Waals surface area (Å²) in [7, 11) is 3.12. The van der Waals surface area contributed by atoms with E-state index in [2.05, 4.69) is 12.1 Å². The van der Waals surface area contributed by atoms with E-state index in [0.29, 0.717) is 17.2 Å². The van der Waals surface area contributed by atoms with Gasteiger partial charge in [-0.2, -0.15) is 0 Å². The van der Waals surface area contributed by atoms with Crippen molar-refractivity contribution in [3.63, 3.8) is 0 Å². The largest absolute Gasteiger partial charge is 0.493 e. The van der Waals surface area contributed by atoms with Crippen LogP contribution < -0.4 is 14.2 Å². The van der Waals surface area contributed by atoms with Crippen molar-refractivity contribution in [2.75, 3.05) is 20.8 Å². The molecule has 7 heteroatoms. The van der Waals surface area contributed by atoms with Crippen molar-refractivity contribution in [2.24, 2.45) is 0 Å². The zero-order valence-electron chi connectivity index (χ0n) is 18.5. The third-order valence-corrected chi connectivity index (χ3v) is 6.50. The zero-order chi connectivity index (χ0) is 22.2. The van der Waals surface area contributed by atoms with Crippen LogP contribution in [0.3, 0.4) is 0 Å². The van der Waals surface area contributed by atoms with Crippen molar-refractivity contribution in [1.82, 2.24) is 4.98 Å². The quantitative estimate of drug-likeness (QED) is 0.470. The molecule has 0 amide bonds. The second-order valence-corrected chi connectivity index (χ2v) is 9.03. The topological polar surface area (TPSA) is 66.9 Å². The Hall–Kier alpha value is -2.80. The predicted molar refractivity (Wildman–Crippen MR) is 122 cm³/mol. The van der Waals surface area contributed by atoms with Gasteiger partial charge in [0, 0.05) is 5.56 Å². The van der Waals surface area contributed by atoms with Gasteiger partial charge in [0.1, 0.15) is 5.01 Å². The minimum Gasteiger partial charge on any atom is -0.493 e. The number of hydrogen-bond donors (Lipinski definition) is 0. The van der Waals surface area contributed by atoms with Gasteiger partial charge in [-0.25, -0.2) is 9.78 Å². The molecule has 1 aliphatic carbocycles. The first-order valence-electron chi connectivity index (χ1n) is 10.4. The highest BCUT2D eigenvalue weighted by Gasteiger charge is 2.34. The monoisotopic (exact) mass is 441 g/mol. The van der Waals surface area contributed by atoms with Crippen molar-refractivity contribution in [3.8, 4) is 27.8 Å². The molecule has 0 N–H and O–H groups in total. The fourth-order valence-electron chi connectivity index (χ4n) is 3.82. The minimum absolute atomic E-state index is 0.278. The SMILES string of the molecule is CCOC(=O)C(C)(C)Oc1c(OC)cc(-c2nc3cc4c(cc3s2)CCC4)cc1OC. The van der Waals surface area contributed by atoms with Crippen LogP contribution in [0.2, 0.25) is 0 Å². The summed E-state index contributed by atoms with van der Waals surface area (Å²) in [6.07, 6.45) is 3.49. The van der Waals surface area contributed by atoms with Crippen LogP contribution >= 0.6 is 11.3 Å². The number of aromatic nitrogens is 1. The lowest BCUT2D eigenvalue weighted by Crippen LogP contribution is -2.39. The number of rotatable bonds is 7. The molecule has 3 aromatic rings. The number of ether oxygens (including phenoxy) is 4. The van der Waals surface area contributed by atoms with Gasteiger partial charge in [-0.05, 0) is 75.4 Å². The van der Waals surface area contributed by atoms with Gasteiger partial charge in [-0.3, -0.25) is 0 Å². The van der Waals surface area contributed by atoms with Crippen LogP contribution in [-0.2, 0) is 22.4 Å². The van der Waals surface area contributed by atoms with Gasteiger partial charge in [0.05, 0.1) is 31.0 Å². The molecule has 0 saturated heterocycles. The average molecular weight is 442 g/mol. The molecule has 0 unspecified atom stereocenters. The molecular formula is C24H27NO5S.